The SMILES string of the molecule is c1ccc(CNc2ccccc2N2CCCCC2)nc1. The summed E-state index contributed by atoms with van der Waals surface area (Å²) in [7, 11) is 0. The molecule has 2 aromatic rings. The minimum Gasteiger partial charge on any atom is -0.378 e. The van der Waals surface area contributed by atoms with E-state index in [1.807, 2.05) is 18.3 Å². The lowest BCUT2D eigenvalue weighted by molar-refractivity contribution is 0.578. The molecule has 0 amide bonds. The molecule has 3 heteroatoms. The summed E-state index contributed by atoms with van der Waals surface area (Å²) < 4.78 is 0. The van der Waals surface area contributed by atoms with Crippen molar-refractivity contribution in [2.75, 3.05) is 23.3 Å². The van der Waals surface area contributed by atoms with Gasteiger partial charge in [0.1, 0.15) is 0 Å². The van der Waals surface area contributed by atoms with Crippen LogP contribution in [0.2, 0.25) is 0 Å². The highest BCUT2D eigenvalue weighted by Crippen LogP contribution is 2.28. The molecule has 104 valence electrons. The number of aromatic nitrogens is 1. The van der Waals surface area contributed by atoms with E-state index in [0.717, 1.165) is 12.2 Å². The number of hydrogen-bond acceptors (Lipinski definition) is 3. The van der Waals surface area contributed by atoms with Gasteiger partial charge in [0.15, 0.2) is 0 Å². The molecule has 0 bridgehead atoms. The van der Waals surface area contributed by atoms with Crippen molar-refractivity contribution >= 4 is 11.4 Å². The third-order valence-electron chi connectivity index (χ3n) is 3.79. The number of pyridine rings is 1. The van der Waals surface area contributed by atoms with Crippen LogP contribution in [0, 0.1) is 0 Å². The van der Waals surface area contributed by atoms with Crippen LogP contribution in [0.5, 0.6) is 0 Å². The van der Waals surface area contributed by atoms with E-state index in [4.69, 9.17) is 0 Å². The molecule has 1 aliphatic rings. The zero-order valence-electron chi connectivity index (χ0n) is 11.8. The molecular formula is C17H21N3. The van der Waals surface area contributed by atoms with Crippen molar-refractivity contribution in [3.63, 3.8) is 0 Å². The van der Waals surface area contributed by atoms with Gasteiger partial charge in [-0.05, 0) is 43.5 Å². The van der Waals surface area contributed by atoms with E-state index >= 15 is 0 Å². The van der Waals surface area contributed by atoms with Gasteiger partial charge in [-0.15, -0.1) is 0 Å². The van der Waals surface area contributed by atoms with Gasteiger partial charge in [-0.3, -0.25) is 4.98 Å². The summed E-state index contributed by atoms with van der Waals surface area (Å²) in [6, 6.07) is 14.6. The Morgan fingerprint density at radius 1 is 0.950 bits per heavy atom. The van der Waals surface area contributed by atoms with Crippen molar-refractivity contribution in [3.8, 4) is 0 Å². The number of nitrogens with one attached hydrogen (secondary N) is 1. The number of rotatable bonds is 4. The first-order valence-electron chi connectivity index (χ1n) is 7.41. The minimum absolute atomic E-state index is 0.770. The molecular weight excluding hydrogens is 246 g/mol. The first kappa shape index (κ1) is 13.0. The molecule has 1 aromatic heterocycles. The molecule has 3 rings (SSSR count). The Morgan fingerprint density at radius 3 is 2.55 bits per heavy atom. The standard InChI is InChI=1S/C17H21N3/c1-6-12-20(13-7-1)17-10-3-2-9-16(17)19-14-15-8-4-5-11-18-15/h2-5,8-11,19H,1,6-7,12-14H2. The topological polar surface area (TPSA) is 28.2 Å². The minimum atomic E-state index is 0.770. The van der Waals surface area contributed by atoms with E-state index in [9.17, 15) is 0 Å². The molecule has 0 spiro atoms. The Balaban J connectivity index is 1.72. The lowest BCUT2D eigenvalue weighted by atomic mass is 10.1. The van der Waals surface area contributed by atoms with Crippen molar-refractivity contribution in [2.24, 2.45) is 0 Å². The highest BCUT2D eigenvalue weighted by atomic mass is 15.1. The fourth-order valence-electron chi connectivity index (χ4n) is 2.72. The van der Waals surface area contributed by atoms with E-state index in [1.54, 1.807) is 0 Å². The number of piperidine rings is 1. The molecule has 0 saturated carbocycles. The molecule has 1 aromatic carbocycles. The number of hydrogen-bond donors (Lipinski definition) is 1. The summed E-state index contributed by atoms with van der Waals surface area (Å²) in [5.74, 6) is 0. The van der Waals surface area contributed by atoms with Gasteiger partial charge in [-0.1, -0.05) is 18.2 Å². The van der Waals surface area contributed by atoms with E-state index in [1.165, 1.54) is 43.7 Å². The number of para-hydroxylation sites is 2. The smallest absolute Gasteiger partial charge is 0.0602 e. The molecule has 1 fully saturated rings. The van der Waals surface area contributed by atoms with Crippen LogP contribution in [0.15, 0.2) is 48.7 Å². The second-order valence-corrected chi connectivity index (χ2v) is 5.24. The van der Waals surface area contributed by atoms with Gasteiger partial charge in [-0.2, -0.15) is 0 Å². The Kier molecular flexibility index (Phi) is 4.16. The first-order chi connectivity index (χ1) is 9.93. The average Bonchev–Trinajstić information content (AvgIpc) is 2.55. The lowest BCUT2D eigenvalue weighted by Crippen LogP contribution is -2.30. The van der Waals surface area contributed by atoms with Crippen LogP contribution < -0.4 is 10.2 Å². The Labute approximate surface area is 120 Å². The molecule has 0 atom stereocenters. The van der Waals surface area contributed by atoms with Crippen molar-refractivity contribution in [2.45, 2.75) is 25.8 Å². The fraction of sp³-hybridized carbons (Fsp3) is 0.353. The maximum atomic E-state index is 4.36. The molecule has 0 radical (unpaired) electrons. The summed E-state index contributed by atoms with van der Waals surface area (Å²) in [4.78, 5) is 6.85. The van der Waals surface area contributed by atoms with E-state index in [2.05, 4.69) is 45.5 Å². The average molecular weight is 267 g/mol. The number of benzene rings is 1. The first-order valence-corrected chi connectivity index (χ1v) is 7.41. The predicted molar refractivity (Wildman–Crippen MR) is 84.1 cm³/mol. The van der Waals surface area contributed by atoms with Crippen LogP contribution >= 0.6 is 0 Å². The van der Waals surface area contributed by atoms with Crippen molar-refractivity contribution in [1.82, 2.24) is 4.98 Å². The highest BCUT2D eigenvalue weighted by Gasteiger charge is 2.13. The number of anilines is 2. The third-order valence-corrected chi connectivity index (χ3v) is 3.79. The van der Waals surface area contributed by atoms with E-state index in [0.29, 0.717) is 0 Å². The van der Waals surface area contributed by atoms with Gasteiger partial charge in [0.2, 0.25) is 0 Å². The van der Waals surface area contributed by atoms with Gasteiger partial charge in [0.25, 0.3) is 0 Å². The molecule has 1 saturated heterocycles. The van der Waals surface area contributed by atoms with Crippen LogP contribution in [0.3, 0.4) is 0 Å². The van der Waals surface area contributed by atoms with Gasteiger partial charge >= 0.3 is 0 Å². The Hall–Kier alpha value is -2.03. The highest BCUT2D eigenvalue weighted by molar-refractivity contribution is 5.70. The summed E-state index contributed by atoms with van der Waals surface area (Å²) in [6.45, 7) is 3.11. The Morgan fingerprint density at radius 2 is 1.75 bits per heavy atom. The third kappa shape index (κ3) is 3.10. The molecule has 1 N–H and O–H groups in total. The van der Waals surface area contributed by atoms with Crippen LogP contribution in [0.25, 0.3) is 0 Å². The van der Waals surface area contributed by atoms with E-state index < -0.39 is 0 Å². The quantitative estimate of drug-likeness (QED) is 0.916. The van der Waals surface area contributed by atoms with Crippen molar-refractivity contribution in [1.29, 1.82) is 0 Å². The molecule has 20 heavy (non-hydrogen) atoms. The molecule has 0 aliphatic carbocycles. The summed E-state index contributed by atoms with van der Waals surface area (Å²) in [6.07, 6.45) is 5.80. The molecule has 1 aliphatic heterocycles. The molecule has 2 heterocycles. The van der Waals surface area contributed by atoms with Gasteiger partial charge in [0.05, 0.1) is 23.6 Å². The Bertz CT molecular complexity index is 533. The second-order valence-electron chi connectivity index (χ2n) is 5.24. The maximum absolute atomic E-state index is 4.36. The normalized spacial score (nSPS) is 15.1. The van der Waals surface area contributed by atoms with Crippen LogP contribution in [-0.4, -0.2) is 18.1 Å². The maximum Gasteiger partial charge on any atom is 0.0602 e. The van der Waals surface area contributed by atoms with Crippen LogP contribution in [0.1, 0.15) is 25.0 Å². The fourth-order valence-corrected chi connectivity index (χ4v) is 2.72. The van der Waals surface area contributed by atoms with Crippen LogP contribution in [0.4, 0.5) is 11.4 Å². The number of nitrogens with zero attached hydrogens (tertiary/aromatic N) is 2. The van der Waals surface area contributed by atoms with Gasteiger partial charge in [0, 0.05) is 19.3 Å². The zero-order chi connectivity index (χ0) is 13.6. The lowest BCUT2D eigenvalue weighted by Gasteiger charge is -2.30. The monoisotopic (exact) mass is 267 g/mol. The predicted octanol–water partition coefficient (Wildman–Crippen LogP) is 3.68. The zero-order valence-corrected chi connectivity index (χ0v) is 11.8. The molecule has 3 nitrogen and oxygen atoms in total. The summed E-state index contributed by atoms with van der Waals surface area (Å²) in [5.41, 5.74) is 3.60. The largest absolute Gasteiger partial charge is 0.378 e. The van der Waals surface area contributed by atoms with Gasteiger partial charge < -0.3 is 10.2 Å². The van der Waals surface area contributed by atoms with Gasteiger partial charge in [-0.25, -0.2) is 0 Å². The van der Waals surface area contributed by atoms with E-state index in [-0.39, 0.29) is 0 Å². The second kappa shape index (κ2) is 6.42. The molecule has 0 unspecified atom stereocenters. The summed E-state index contributed by atoms with van der Waals surface area (Å²) >= 11 is 0. The van der Waals surface area contributed by atoms with Crippen molar-refractivity contribution < 1.29 is 0 Å². The van der Waals surface area contributed by atoms with Crippen LogP contribution in [-0.2, 0) is 6.54 Å². The van der Waals surface area contributed by atoms with Crippen molar-refractivity contribution in [3.05, 3.63) is 54.4 Å². The summed E-state index contributed by atoms with van der Waals surface area (Å²) in [5, 5.41) is 3.52.